The maximum Gasteiger partial charge on any atom is 0.0928 e. The predicted molar refractivity (Wildman–Crippen MR) is 65.5 cm³/mol. The van der Waals surface area contributed by atoms with Crippen molar-refractivity contribution in [2.45, 2.75) is 51.5 Å². The van der Waals surface area contributed by atoms with Gasteiger partial charge >= 0.3 is 0 Å². The fourth-order valence-electron chi connectivity index (χ4n) is 2.07. The molecule has 1 fully saturated rings. The molecule has 1 aromatic heterocycles. The van der Waals surface area contributed by atoms with Gasteiger partial charge in [-0.25, -0.2) is 4.98 Å². The Morgan fingerprint density at radius 2 is 2.53 bits per heavy atom. The molecule has 1 unspecified atom stereocenters. The summed E-state index contributed by atoms with van der Waals surface area (Å²) in [5, 5.41) is 7.09. The molecule has 2 rings (SSSR count). The summed E-state index contributed by atoms with van der Waals surface area (Å²) in [5.74, 6) is 0. The summed E-state index contributed by atoms with van der Waals surface area (Å²) in [6.07, 6.45) is 7.48. The molecule has 1 N–H and O–H groups in total. The summed E-state index contributed by atoms with van der Waals surface area (Å²) in [5.41, 5.74) is 1.30. The number of aromatic nitrogens is 1. The molecule has 2 nitrogen and oxygen atoms in total. The van der Waals surface area contributed by atoms with E-state index in [1.165, 1.54) is 49.4 Å². The Morgan fingerprint density at radius 3 is 3.27 bits per heavy atom. The lowest BCUT2D eigenvalue weighted by Crippen LogP contribution is -2.23. The fraction of sp³-hybridized carbons (Fsp3) is 0.750. The van der Waals surface area contributed by atoms with Crippen molar-refractivity contribution >= 4 is 11.3 Å². The average Bonchev–Trinajstić information content (AvgIpc) is 2.87. The molecular formula is C12H20N2S. The van der Waals surface area contributed by atoms with Gasteiger partial charge in [-0.1, -0.05) is 13.3 Å². The van der Waals surface area contributed by atoms with Crippen LogP contribution < -0.4 is 5.32 Å². The minimum absolute atomic E-state index is 0.686. The second-order valence-corrected chi connectivity index (χ2v) is 5.28. The van der Waals surface area contributed by atoms with Crippen LogP contribution in [0.3, 0.4) is 0 Å². The van der Waals surface area contributed by atoms with Gasteiger partial charge in [0, 0.05) is 17.8 Å². The molecule has 0 aliphatic carbocycles. The second kappa shape index (κ2) is 5.61. The lowest BCUT2D eigenvalue weighted by molar-refractivity contribution is 0.595. The zero-order valence-electron chi connectivity index (χ0n) is 9.46. The molecule has 0 amide bonds. The van der Waals surface area contributed by atoms with E-state index in [1.54, 1.807) is 0 Å². The van der Waals surface area contributed by atoms with Crippen LogP contribution in [0, 0.1) is 0 Å². The first-order valence-electron chi connectivity index (χ1n) is 6.05. The molecule has 0 saturated carbocycles. The fourth-order valence-corrected chi connectivity index (χ4v) is 2.92. The number of hydrogen-bond donors (Lipinski definition) is 1. The van der Waals surface area contributed by atoms with Gasteiger partial charge in [0.25, 0.3) is 0 Å². The van der Waals surface area contributed by atoms with E-state index < -0.39 is 0 Å². The van der Waals surface area contributed by atoms with Crippen molar-refractivity contribution in [3.63, 3.8) is 0 Å². The highest BCUT2D eigenvalue weighted by Gasteiger charge is 2.15. The van der Waals surface area contributed by atoms with Crippen molar-refractivity contribution in [3.05, 3.63) is 16.1 Å². The molecule has 0 spiro atoms. The summed E-state index contributed by atoms with van der Waals surface area (Å²) >= 11 is 1.83. The lowest BCUT2D eigenvalue weighted by Gasteiger charge is -2.06. The molecule has 1 aliphatic heterocycles. The zero-order valence-corrected chi connectivity index (χ0v) is 10.3. The van der Waals surface area contributed by atoms with Crippen LogP contribution >= 0.6 is 11.3 Å². The molecule has 0 radical (unpaired) electrons. The van der Waals surface area contributed by atoms with Gasteiger partial charge in [-0.3, -0.25) is 0 Å². The molecule has 0 aromatic carbocycles. The highest BCUT2D eigenvalue weighted by molar-refractivity contribution is 7.09. The Labute approximate surface area is 96.1 Å². The quantitative estimate of drug-likeness (QED) is 0.832. The van der Waals surface area contributed by atoms with Crippen LogP contribution in [0.15, 0.2) is 5.38 Å². The minimum atomic E-state index is 0.686. The minimum Gasteiger partial charge on any atom is -0.314 e. The first-order valence-corrected chi connectivity index (χ1v) is 6.93. The number of unbranched alkanes of at least 4 members (excludes halogenated alkanes) is 1. The maximum atomic E-state index is 4.69. The van der Waals surface area contributed by atoms with Gasteiger partial charge in [0.2, 0.25) is 0 Å². The van der Waals surface area contributed by atoms with Crippen molar-refractivity contribution in [1.82, 2.24) is 10.3 Å². The Morgan fingerprint density at radius 1 is 1.60 bits per heavy atom. The predicted octanol–water partition coefficient (Wildman–Crippen LogP) is 2.78. The molecule has 0 bridgehead atoms. The van der Waals surface area contributed by atoms with E-state index in [0.717, 1.165) is 6.42 Å². The first-order chi connectivity index (χ1) is 7.38. The van der Waals surface area contributed by atoms with Crippen LogP contribution in [0.4, 0.5) is 0 Å². The number of nitrogens with zero attached hydrogens (tertiary/aromatic N) is 1. The Balaban J connectivity index is 1.83. The number of nitrogens with one attached hydrogen (secondary N) is 1. The van der Waals surface area contributed by atoms with E-state index in [0.29, 0.717) is 6.04 Å². The van der Waals surface area contributed by atoms with Gasteiger partial charge in [-0.15, -0.1) is 11.3 Å². The standard InChI is InChI=1S/C12H20N2S/c1-2-3-6-12-14-11(9-15-12)8-10-5-4-7-13-10/h9-10,13H,2-8H2,1H3. The molecule has 1 aliphatic rings. The number of aryl methyl sites for hydroxylation is 1. The molecule has 2 heterocycles. The van der Waals surface area contributed by atoms with Gasteiger partial charge in [0.1, 0.15) is 0 Å². The van der Waals surface area contributed by atoms with Crippen molar-refractivity contribution in [3.8, 4) is 0 Å². The summed E-state index contributed by atoms with van der Waals surface area (Å²) in [4.78, 5) is 4.69. The largest absolute Gasteiger partial charge is 0.314 e. The van der Waals surface area contributed by atoms with Gasteiger partial charge in [-0.05, 0) is 32.2 Å². The van der Waals surface area contributed by atoms with Gasteiger partial charge in [0.15, 0.2) is 0 Å². The van der Waals surface area contributed by atoms with Gasteiger partial charge < -0.3 is 5.32 Å². The van der Waals surface area contributed by atoms with E-state index in [2.05, 4.69) is 22.6 Å². The average molecular weight is 224 g/mol. The van der Waals surface area contributed by atoms with E-state index in [9.17, 15) is 0 Å². The molecule has 1 aromatic rings. The van der Waals surface area contributed by atoms with Crippen LogP contribution in [-0.4, -0.2) is 17.6 Å². The van der Waals surface area contributed by atoms with Crippen molar-refractivity contribution < 1.29 is 0 Å². The van der Waals surface area contributed by atoms with Gasteiger partial charge in [-0.2, -0.15) is 0 Å². The van der Waals surface area contributed by atoms with Crippen molar-refractivity contribution in [2.75, 3.05) is 6.54 Å². The molecular weight excluding hydrogens is 204 g/mol. The zero-order chi connectivity index (χ0) is 10.5. The first kappa shape index (κ1) is 11.1. The van der Waals surface area contributed by atoms with Crippen LogP contribution in [0.25, 0.3) is 0 Å². The van der Waals surface area contributed by atoms with Crippen molar-refractivity contribution in [1.29, 1.82) is 0 Å². The normalized spacial score (nSPS) is 21.0. The summed E-state index contributed by atoms with van der Waals surface area (Å²) in [6.45, 7) is 3.43. The molecule has 1 saturated heterocycles. The number of rotatable bonds is 5. The monoisotopic (exact) mass is 224 g/mol. The third kappa shape index (κ3) is 3.28. The summed E-state index contributed by atoms with van der Waals surface area (Å²) in [7, 11) is 0. The topological polar surface area (TPSA) is 24.9 Å². The van der Waals surface area contributed by atoms with E-state index in [1.807, 2.05) is 11.3 Å². The van der Waals surface area contributed by atoms with Crippen molar-refractivity contribution in [2.24, 2.45) is 0 Å². The Bertz CT molecular complexity index is 290. The van der Waals surface area contributed by atoms with E-state index in [-0.39, 0.29) is 0 Å². The third-order valence-electron chi connectivity index (χ3n) is 2.96. The highest BCUT2D eigenvalue weighted by atomic mass is 32.1. The SMILES string of the molecule is CCCCc1nc(CC2CCCN2)cs1. The lowest BCUT2D eigenvalue weighted by atomic mass is 10.1. The second-order valence-electron chi connectivity index (χ2n) is 4.33. The summed E-state index contributed by atoms with van der Waals surface area (Å²) in [6, 6.07) is 0.686. The number of thiazole rings is 1. The smallest absolute Gasteiger partial charge is 0.0928 e. The van der Waals surface area contributed by atoms with Crippen LogP contribution in [0.5, 0.6) is 0 Å². The Kier molecular flexibility index (Phi) is 4.15. The molecule has 15 heavy (non-hydrogen) atoms. The van der Waals surface area contributed by atoms with Gasteiger partial charge in [0.05, 0.1) is 10.7 Å². The maximum absolute atomic E-state index is 4.69. The third-order valence-corrected chi connectivity index (χ3v) is 3.92. The van der Waals surface area contributed by atoms with E-state index >= 15 is 0 Å². The highest BCUT2D eigenvalue weighted by Crippen LogP contribution is 2.16. The van der Waals surface area contributed by atoms with Crippen LogP contribution in [0.2, 0.25) is 0 Å². The Hall–Kier alpha value is -0.410. The molecule has 1 atom stereocenters. The summed E-state index contributed by atoms with van der Waals surface area (Å²) < 4.78 is 0. The molecule has 84 valence electrons. The van der Waals surface area contributed by atoms with Crippen LogP contribution in [0.1, 0.15) is 43.3 Å². The molecule has 3 heteroatoms. The number of hydrogen-bond acceptors (Lipinski definition) is 3. The van der Waals surface area contributed by atoms with Crippen LogP contribution in [-0.2, 0) is 12.8 Å². The van der Waals surface area contributed by atoms with E-state index in [4.69, 9.17) is 0 Å².